The second kappa shape index (κ2) is 7.61. The normalized spacial score (nSPS) is 10.7. The fourth-order valence-electron chi connectivity index (χ4n) is 1.89. The maximum absolute atomic E-state index is 11.1. The highest BCUT2D eigenvalue weighted by atomic mass is 16.6. The summed E-state index contributed by atoms with van der Waals surface area (Å²) in [6.07, 6.45) is 0.903. The summed E-state index contributed by atoms with van der Waals surface area (Å²) >= 11 is 0. The lowest BCUT2D eigenvalue weighted by Crippen LogP contribution is -2.28. The van der Waals surface area contributed by atoms with Crippen molar-refractivity contribution in [1.29, 1.82) is 0 Å². The number of anilines is 2. The predicted molar refractivity (Wildman–Crippen MR) is 79.8 cm³/mol. The van der Waals surface area contributed by atoms with E-state index in [9.17, 15) is 10.1 Å². The van der Waals surface area contributed by atoms with Gasteiger partial charge < -0.3 is 15.2 Å². The molecule has 8 nitrogen and oxygen atoms in total. The van der Waals surface area contributed by atoms with Gasteiger partial charge in [-0.2, -0.15) is 0 Å². The number of rotatable bonds is 8. The monoisotopic (exact) mass is 282 g/mol. The molecular weight excluding hydrogens is 260 g/mol. The van der Waals surface area contributed by atoms with Crippen LogP contribution >= 0.6 is 0 Å². The number of hydrazine groups is 1. The Morgan fingerprint density at radius 2 is 2.10 bits per heavy atom. The van der Waals surface area contributed by atoms with Crippen LogP contribution in [0.1, 0.15) is 13.3 Å². The zero-order valence-electron chi connectivity index (χ0n) is 12.2. The standard InChI is InChI=1S/C12H22N6O2/c1-4-17(9-5-8-16(2)3)12-10(18(19)20)6-7-11(14-12)15-13/h6-7H,4-5,8-9,13H2,1-3H3,(H,14,15). The topological polar surface area (TPSA) is 101 Å². The van der Waals surface area contributed by atoms with Gasteiger partial charge in [-0.1, -0.05) is 0 Å². The van der Waals surface area contributed by atoms with E-state index in [-0.39, 0.29) is 5.69 Å². The van der Waals surface area contributed by atoms with Gasteiger partial charge in [0, 0.05) is 19.2 Å². The lowest BCUT2D eigenvalue weighted by atomic mass is 10.3. The highest BCUT2D eigenvalue weighted by Crippen LogP contribution is 2.27. The number of hydrogen-bond donors (Lipinski definition) is 2. The average molecular weight is 282 g/mol. The third kappa shape index (κ3) is 4.32. The van der Waals surface area contributed by atoms with Crippen LogP contribution in [-0.4, -0.2) is 48.5 Å². The molecule has 3 N–H and O–H groups in total. The van der Waals surface area contributed by atoms with Crippen molar-refractivity contribution in [2.75, 3.05) is 44.1 Å². The van der Waals surface area contributed by atoms with Crippen LogP contribution in [0.25, 0.3) is 0 Å². The van der Waals surface area contributed by atoms with Gasteiger partial charge in [-0.15, -0.1) is 0 Å². The van der Waals surface area contributed by atoms with E-state index < -0.39 is 4.92 Å². The first-order valence-corrected chi connectivity index (χ1v) is 6.51. The molecule has 1 heterocycles. The molecule has 0 bridgehead atoms. The minimum absolute atomic E-state index is 0.00398. The fourth-order valence-corrected chi connectivity index (χ4v) is 1.89. The van der Waals surface area contributed by atoms with Crippen molar-refractivity contribution in [3.05, 3.63) is 22.2 Å². The summed E-state index contributed by atoms with van der Waals surface area (Å²) < 4.78 is 0. The van der Waals surface area contributed by atoms with Crippen LogP contribution < -0.4 is 16.2 Å². The van der Waals surface area contributed by atoms with Crippen molar-refractivity contribution in [2.45, 2.75) is 13.3 Å². The molecule has 0 atom stereocenters. The quantitative estimate of drug-likeness (QED) is 0.417. The number of nitro groups is 1. The van der Waals surface area contributed by atoms with Gasteiger partial charge in [-0.05, 0) is 40.1 Å². The lowest BCUT2D eigenvalue weighted by molar-refractivity contribution is -0.384. The molecule has 0 aliphatic carbocycles. The Morgan fingerprint density at radius 1 is 1.40 bits per heavy atom. The summed E-state index contributed by atoms with van der Waals surface area (Å²) in [5, 5.41) is 11.1. The zero-order valence-corrected chi connectivity index (χ0v) is 12.2. The average Bonchev–Trinajstić information content (AvgIpc) is 2.42. The number of nitrogens with two attached hydrogens (primary N) is 1. The van der Waals surface area contributed by atoms with E-state index in [1.54, 1.807) is 0 Å². The van der Waals surface area contributed by atoms with Gasteiger partial charge in [-0.3, -0.25) is 10.1 Å². The number of nitrogen functional groups attached to an aromatic ring is 1. The fraction of sp³-hybridized carbons (Fsp3) is 0.583. The molecule has 0 aliphatic rings. The maximum atomic E-state index is 11.1. The second-order valence-electron chi connectivity index (χ2n) is 4.68. The van der Waals surface area contributed by atoms with Crippen LogP contribution in [0.3, 0.4) is 0 Å². The second-order valence-corrected chi connectivity index (χ2v) is 4.68. The summed E-state index contributed by atoms with van der Waals surface area (Å²) in [5.74, 6) is 6.09. The molecule has 0 amide bonds. The summed E-state index contributed by atoms with van der Waals surface area (Å²) in [7, 11) is 3.99. The number of nitrogens with one attached hydrogen (secondary N) is 1. The minimum atomic E-state index is -0.419. The molecule has 0 spiro atoms. The lowest BCUT2D eigenvalue weighted by Gasteiger charge is -2.23. The molecule has 1 aromatic heterocycles. The van der Waals surface area contributed by atoms with Gasteiger partial charge in [0.15, 0.2) is 0 Å². The summed E-state index contributed by atoms with van der Waals surface area (Å²) in [6, 6.07) is 2.92. The maximum Gasteiger partial charge on any atom is 0.311 e. The first-order valence-electron chi connectivity index (χ1n) is 6.51. The number of nitrogens with zero attached hydrogens (tertiary/aromatic N) is 4. The van der Waals surface area contributed by atoms with Gasteiger partial charge in [0.1, 0.15) is 5.82 Å². The Labute approximate surface area is 118 Å². The first-order chi connectivity index (χ1) is 9.49. The molecule has 0 saturated carbocycles. The molecular formula is C12H22N6O2. The Hall–Kier alpha value is -1.93. The smallest absolute Gasteiger partial charge is 0.311 e. The molecule has 0 unspecified atom stereocenters. The van der Waals surface area contributed by atoms with Crippen molar-refractivity contribution in [1.82, 2.24) is 9.88 Å². The Bertz CT molecular complexity index is 452. The molecule has 0 saturated heterocycles. The molecule has 1 aromatic rings. The SMILES string of the molecule is CCN(CCCN(C)C)c1nc(NN)ccc1[N+](=O)[O-]. The molecule has 0 fully saturated rings. The Kier molecular flexibility index (Phi) is 6.13. The van der Waals surface area contributed by atoms with E-state index in [1.165, 1.54) is 12.1 Å². The van der Waals surface area contributed by atoms with Crippen LogP contribution in [0.4, 0.5) is 17.3 Å². The van der Waals surface area contributed by atoms with Gasteiger partial charge >= 0.3 is 5.69 Å². The van der Waals surface area contributed by atoms with Crippen LogP contribution in [0.2, 0.25) is 0 Å². The van der Waals surface area contributed by atoms with Crippen molar-refractivity contribution in [3.8, 4) is 0 Å². The molecule has 0 aromatic carbocycles. The van der Waals surface area contributed by atoms with E-state index in [4.69, 9.17) is 5.84 Å². The van der Waals surface area contributed by atoms with Crippen LogP contribution in [0.15, 0.2) is 12.1 Å². The molecule has 112 valence electrons. The van der Waals surface area contributed by atoms with Gasteiger partial charge in [0.25, 0.3) is 0 Å². The third-order valence-corrected chi connectivity index (χ3v) is 2.91. The van der Waals surface area contributed by atoms with E-state index in [0.717, 1.165) is 13.0 Å². The summed E-state index contributed by atoms with van der Waals surface area (Å²) in [4.78, 5) is 18.9. The van der Waals surface area contributed by atoms with Gasteiger partial charge in [-0.25, -0.2) is 10.8 Å². The van der Waals surface area contributed by atoms with E-state index in [0.29, 0.717) is 24.7 Å². The molecule has 0 radical (unpaired) electrons. The van der Waals surface area contributed by atoms with Crippen molar-refractivity contribution < 1.29 is 4.92 Å². The van der Waals surface area contributed by atoms with Crippen LogP contribution in [0.5, 0.6) is 0 Å². The van der Waals surface area contributed by atoms with Crippen molar-refractivity contribution in [2.24, 2.45) is 5.84 Å². The molecule has 8 heteroatoms. The first kappa shape index (κ1) is 16.1. The number of pyridine rings is 1. The number of aromatic nitrogens is 1. The van der Waals surface area contributed by atoms with Gasteiger partial charge in [0.2, 0.25) is 5.82 Å². The van der Waals surface area contributed by atoms with E-state index in [1.807, 2.05) is 25.9 Å². The van der Waals surface area contributed by atoms with Crippen molar-refractivity contribution >= 4 is 17.3 Å². The summed E-state index contributed by atoms with van der Waals surface area (Å²) in [6.45, 7) is 4.22. The largest absolute Gasteiger partial charge is 0.351 e. The predicted octanol–water partition coefficient (Wildman–Crippen LogP) is 1.05. The Balaban J connectivity index is 2.96. The third-order valence-electron chi connectivity index (χ3n) is 2.91. The van der Waals surface area contributed by atoms with E-state index >= 15 is 0 Å². The highest BCUT2D eigenvalue weighted by Gasteiger charge is 2.20. The molecule has 1 rings (SSSR count). The van der Waals surface area contributed by atoms with E-state index in [2.05, 4.69) is 15.3 Å². The number of hydrogen-bond acceptors (Lipinski definition) is 7. The minimum Gasteiger partial charge on any atom is -0.351 e. The van der Waals surface area contributed by atoms with Crippen molar-refractivity contribution in [3.63, 3.8) is 0 Å². The van der Waals surface area contributed by atoms with Gasteiger partial charge in [0.05, 0.1) is 4.92 Å². The summed E-state index contributed by atoms with van der Waals surface area (Å²) in [5.41, 5.74) is 2.41. The van der Waals surface area contributed by atoms with Crippen LogP contribution in [-0.2, 0) is 0 Å². The highest BCUT2D eigenvalue weighted by molar-refractivity contribution is 5.61. The Morgan fingerprint density at radius 3 is 2.60 bits per heavy atom. The zero-order chi connectivity index (χ0) is 15.1. The molecule has 20 heavy (non-hydrogen) atoms. The van der Waals surface area contributed by atoms with Crippen LogP contribution in [0, 0.1) is 10.1 Å². The molecule has 0 aliphatic heterocycles.